The molecule has 0 fully saturated rings. The highest BCUT2D eigenvalue weighted by Gasteiger charge is 2.38. The lowest BCUT2D eigenvalue weighted by Crippen LogP contribution is -2.29. The zero-order valence-electron chi connectivity index (χ0n) is 15.5. The van der Waals surface area contributed by atoms with Crippen molar-refractivity contribution in [3.05, 3.63) is 65.2 Å². The highest BCUT2D eigenvalue weighted by molar-refractivity contribution is 6.45. The third-order valence-corrected chi connectivity index (χ3v) is 3.66. The maximum Gasteiger partial charge on any atom is 0.437 e. The smallest absolute Gasteiger partial charge is 0.437 e. The molecule has 0 aliphatic heterocycles. The summed E-state index contributed by atoms with van der Waals surface area (Å²) < 4.78 is 40.0. The van der Waals surface area contributed by atoms with Crippen molar-refractivity contribution in [1.29, 1.82) is 0 Å². The number of nitrogens with one attached hydrogen (secondary N) is 1. The van der Waals surface area contributed by atoms with Crippen LogP contribution in [0.25, 0.3) is 0 Å². The van der Waals surface area contributed by atoms with Crippen LogP contribution < -0.4 is 5.32 Å². The van der Waals surface area contributed by atoms with E-state index in [1.165, 1.54) is 26.3 Å². The van der Waals surface area contributed by atoms with E-state index in [1.807, 2.05) is 0 Å². The van der Waals surface area contributed by atoms with E-state index in [4.69, 9.17) is 4.84 Å². The van der Waals surface area contributed by atoms with Crippen LogP contribution >= 0.6 is 0 Å². The molecule has 0 atom stereocenters. The predicted molar refractivity (Wildman–Crippen MR) is 99.5 cm³/mol. The number of likely N-dealkylation sites (N-methyl/N-ethyl adjacent to an activating group) is 1. The van der Waals surface area contributed by atoms with E-state index in [1.54, 1.807) is 24.3 Å². The fourth-order valence-corrected chi connectivity index (χ4v) is 2.39. The van der Waals surface area contributed by atoms with E-state index in [0.29, 0.717) is 11.1 Å². The molecule has 2 rings (SSSR count). The molecule has 154 valence electrons. The molecule has 2 N–H and O–H groups in total. The molecule has 29 heavy (non-hydrogen) atoms. The summed E-state index contributed by atoms with van der Waals surface area (Å²) in [6.45, 7) is -0.367. The standard InChI is InChI=1S/C19H18F3N3O4/c1-23-18(27)16(24-28-2)15-9-4-3-6-13(15)11-29-25-17(19(20,21)22)12-7-5-8-14(26)10-12/h3-10,26H,11H2,1-2H3,(H,23,27). The summed E-state index contributed by atoms with van der Waals surface area (Å²) in [5.41, 5.74) is -1.04. The molecule has 1 amide bonds. The second-order valence-corrected chi connectivity index (χ2v) is 5.62. The molecule has 2 aromatic rings. The van der Waals surface area contributed by atoms with Crippen molar-refractivity contribution in [3.63, 3.8) is 0 Å². The Morgan fingerprint density at radius 3 is 2.48 bits per heavy atom. The highest BCUT2D eigenvalue weighted by atomic mass is 19.4. The number of aromatic hydroxyl groups is 1. The number of hydrogen-bond acceptors (Lipinski definition) is 6. The molecule has 0 spiro atoms. The van der Waals surface area contributed by atoms with Crippen molar-refractivity contribution in [3.8, 4) is 5.75 Å². The molecule has 0 unspecified atom stereocenters. The van der Waals surface area contributed by atoms with Crippen LogP contribution in [0.2, 0.25) is 0 Å². The first-order valence-corrected chi connectivity index (χ1v) is 8.26. The number of phenols is 1. The molecule has 0 aromatic heterocycles. The van der Waals surface area contributed by atoms with Crippen LogP contribution in [0.5, 0.6) is 5.75 Å². The first-order valence-electron chi connectivity index (χ1n) is 8.26. The van der Waals surface area contributed by atoms with E-state index in [2.05, 4.69) is 20.5 Å². The van der Waals surface area contributed by atoms with Crippen molar-refractivity contribution < 1.29 is 32.7 Å². The summed E-state index contributed by atoms with van der Waals surface area (Å²) in [5.74, 6) is -0.880. The minimum Gasteiger partial charge on any atom is -0.508 e. The van der Waals surface area contributed by atoms with Gasteiger partial charge in [0.1, 0.15) is 19.5 Å². The Balaban J connectivity index is 2.33. The maximum absolute atomic E-state index is 13.3. The van der Waals surface area contributed by atoms with Crippen LogP contribution in [0.3, 0.4) is 0 Å². The fraction of sp³-hybridized carbons (Fsp3) is 0.211. The molecule has 0 saturated heterocycles. The fourth-order valence-electron chi connectivity index (χ4n) is 2.39. The van der Waals surface area contributed by atoms with Crippen LogP contribution in [0, 0.1) is 0 Å². The number of rotatable bonds is 7. The molecule has 0 heterocycles. The van der Waals surface area contributed by atoms with Crippen molar-refractivity contribution in [1.82, 2.24) is 5.32 Å². The third kappa shape index (κ3) is 5.71. The van der Waals surface area contributed by atoms with Gasteiger partial charge in [0.25, 0.3) is 5.91 Å². The summed E-state index contributed by atoms with van der Waals surface area (Å²) in [7, 11) is 2.67. The molecule has 0 saturated carbocycles. The summed E-state index contributed by atoms with van der Waals surface area (Å²) in [6, 6.07) is 10.9. The molecule has 0 radical (unpaired) electrons. The second kappa shape index (κ2) is 9.58. The van der Waals surface area contributed by atoms with Gasteiger partial charge in [0.2, 0.25) is 0 Å². The van der Waals surface area contributed by atoms with E-state index in [0.717, 1.165) is 12.1 Å². The molecule has 2 aromatic carbocycles. The lowest BCUT2D eigenvalue weighted by atomic mass is 10.0. The normalized spacial score (nSPS) is 12.4. The monoisotopic (exact) mass is 409 g/mol. The number of benzene rings is 2. The molecule has 0 aliphatic carbocycles. The predicted octanol–water partition coefficient (Wildman–Crippen LogP) is 2.97. The van der Waals surface area contributed by atoms with Gasteiger partial charge >= 0.3 is 6.18 Å². The molecule has 0 aliphatic rings. The average Bonchev–Trinajstić information content (AvgIpc) is 2.68. The van der Waals surface area contributed by atoms with E-state index in [9.17, 15) is 23.1 Å². The van der Waals surface area contributed by atoms with Gasteiger partial charge < -0.3 is 20.1 Å². The number of phenolic OH excluding ortho intramolecular Hbond substituents is 1. The van der Waals surface area contributed by atoms with Gasteiger partial charge in [0.05, 0.1) is 0 Å². The topological polar surface area (TPSA) is 92.5 Å². The average molecular weight is 409 g/mol. The third-order valence-electron chi connectivity index (χ3n) is 3.66. The minimum absolute atomic E-state index is 0.0674. The van der Waals surface area contributed by atoms with Crippen molar-refractivity contribution in [2.75, 3.05) is 14.2 Å². The first kappa shape index (κ1) is 21.7. The lowest BCUT2D eigenvalue weighted by Gasteiger charge is -2.12. The van der Waals surface area contributed by atoms with Gasteiger partial charge in [-0.25, -0.2) is 0 Å². The number of oxime groups is 2. The molecular weight excluding hydrogens is 391 g/mol. The molecule has 10 heteroatoms. The Hall–Kier alpha value is -3.56. The van der Waals surface area contributed by atoms with Crippen molar-refractivity contribution >= 4 is 17.3 Å². The van der Waals surface area contributed by atoms with Gasteiger partial charge in [-0.2, -0.15) is 13.2 Å². The Bertz CT molecular complexity index is 927. The van der Waals surface area contributed by atoms with E-state index >= 15 is 0 Å². The second-order valence-electron chi connectivity index (χ2n) is 5.62. The number of carbonyl (C=O) groups is 1. The van der Waals surface area contributed by atoms with Crippen LogP contribution in [0.1, 0.15) is 16.7 Å². The number of halogens is 3. The SMILES string of the molecule is CNC(=O)C(=NOC)c1ccccc1CON=C(c1cccc(O)c1)C(F)(F)F. The van der Waals surface area contributed by atoms with Crippen molar-refractivity contribution in [2.45, 2.75) is 12.8 Å². The quantitative estimate of drug-likeness (QED) is 0.543. The number of alkyl halides is 3. The van der Waals surface area contributed by atoms with Gasteiger partial charge in [0.15, 0.2) is 11.4 Å². The first-order chi connectivity index (χ1) is 13.8. The van der Waals surface area contributed by atoms with Crippen LogP contribution in [-0.2, 0) is 21.1 Å². The molecule has 0 bridgehead atoms. The zero-order valence-corrected chi connectivity index (χ0v) is 15.5. The Labute approximate surface area is 164 Å². The molecule has 7 nitrogen and oxygen atoms in total. The van der Waals surface area contributed by atoms with Gasteiger partial charge in [-0.3, -0.25) is 4.79 Å². The summed E-state index contributed by atoms with van der Waals surface area (Å²) >= 11 is 0. The van der Waals surface area contributed by atoms with Crippen LogP contribution in [0.4, 0.5) is 13.2 Å². The van der Waals surface area contributed by atoms with Crippen LogP contribution in [-0.4, -0.2) is 42.8 Å². The summed E-state index contributed by atoms with van der Waals surface area (Å²) in [6.07, 6.45) is -4.81. The number of amides is 1. The van der Waals surface area contributed by atoms with Gasteiger partial charge in [-0.1, -0.05) is 46.7 Å². The van der Waals surface area contributed by atoms with Gasteiger partial charge in [-0.05, 0) is 12.1 Å². The summed E-state index contributed by atoms with van der Waals surface area (Å²) in [4.78, 5) is 21.6. The number of carbonyl (C=O) groups excluding carboxylic acids is 1. The lowest BCUT2D eigenvalue weighted by molar-refractivity contribution is -0.114. The number of nitrogens with zero attached hydrogens (tertiary/aromatic N) is 2. The van der Waals surface area contributed by atoms with Gasteiger partial charge in [0, 0.05) is 23.7 Å². The largest absolute Gasteiger partial charge is 0.508 e. The van der Waals surface area contributed by atoms with Crippen LogP contribution in [0.15, 0.2) is 58.8 Å². The van der Waals surface area contributed by atoms with Crippen molar-refractivity contribution in [2.24, 2.45) is 10.3 Å². The minimum atomic E-state index is -4.81. The number of hydrogen-bond donors (Lipinski definition) is 2. The summed E-state index contributed by atoms with van der Waals surface area (Å²) in [5, 5.41) is 18.7. The van der Waals surface area contributed by atoms with Gasteiger partial charge in [-0.15, -0.1) is 0 Å². The highest BCUT2D eigenvalue weighted by Crippen LogP contribution is 2.25. The Morgan fingerprint density at radius 1 is 1.14 bits per heavy atom. The van der Waals surface area contributed by atoms with E-state index < -0.39 is 17.8 Å². The maximum atomic E-state index is 13.3. The zero-order chi connectivity index (χ0) is 21.4. The Kier molecular flexibility index (Phi) is 7.18. The molecular formula is C19H18F3N3O4. The van der Waals surface area contributed by atoms with E-state index in [-0.39, 0.29) is 23.6 Å². The Morgan fingerprint density at radius 2 is 1.86 bits per heavy atom.